The lowest BCUT2D eigenvalue weighted by molar-refractivity contribution is -0.890. The summed E-state index contributed by atoms with van der Waals surface area (Å²) in [5.74, 6) is 4.99. The first-order valence-corrected chi connectivity index (χ1v) is 17.9. The quantitative estimate of drug-likeness (QED) is 0.179. The Balaban J connectivity index is 1.20. The second-order valence-corrected chi connectivity index (χ2v) is 16.9. The lowest BCUT2D eigenvalue weighted by Crippen LogP contribution is -2.53. The first-order chi connectivity index (χ1) is 18.3. The molecule has 7 heteroatoms. The van der Waals surface area contributed by atoms with Crippen LogP contribution in [0.15, 0.2) is 0 Å². The highest BCUT2D eigenvalue weighted by Gasteiger charge is 2.60. The smallest absolute Gasteiger partial charge is 0.220 e. The average molecular weight is 567 g/mol. The highest BCUT2D eigenvalue weighted by atomic mass is 32.2. The molecule has 0 saturated heterocycles. The highest BCUT2D eigenvalue weighted by Crippen LogP contribution is 2.68. The van der Waals surface area contributed by atoms with Gasteiger partial charge in [0.1, 0.15) is 0 Å². The van der Waals surface area contributed by atoms with Crippen molar-refractivity contribution in [3.05, 3.63) is 0 Å². The van der Waals surface area contributed by atoms with Gasteiger partial charge in [-0.2, -0.15) is 0 Å². The summed E-state index contributed by atoms with van der Waals surface area (Å²) in [6, 6.07) is 0. The molecule has 0 aromatic rings. The standard InChI is InChI=1S/C32H58N2O4S/c1-24(11-16-30(35)33-20-8-21-34(4,5)22-9-23-39(36,37)38)27-14-15-28-26-13-12-25-10-6-7-18-31(25,2)29(26)17-19-32(27,28)3/h24-29H,6-23H2,1-5H3,(H-,33,35,36,37,38)/t24-,25?,26?,27?,28?,29?,31+,32-/m1/s1. The van der Waals surface area contributed by atoms with Crippen LogP contribution in [0.1, 0.15) is 111 Å². The lowest BCUT2D eigenvalue weighted by atomic mass is 9.44. The van der Waals surface area contributed by atoms with Crippen LogP contribution in [0.5, 0.6) is 0 Å². The van der Waals surface area contributed by atoms with Gasteiger partial charge in [0.2, 0.25) is 5.91 Å². The number of fused-ring (bicyclic) bond motifs is 5. The third kappa shape index (κ3) is 7.23. The summed E-state index contributed by atoms with van der Waals surface area (Å²) in [7, 11) is -0.0494. The summed E-state index contributed by atoms with van der Waals surface area (Å²) in [5.41, 5.74) is 1.07. The summed E-state index contributed by atoms with van der Waals surface area (Å²) in [5, 5.41) is 3.12. The molecule has 4 fully saturated rings. The number of quaternary nitrogens is 1. The van der Waals surface area contributed by atoms with Crippen LogP contribution in [0.4, 0.5) is 0 Å². The van der Waals surface area contributed by atoms with Crippen LogP contribution in [-0.2, 0) is 14.9 Å². The van der Waals surface area contributed by atoms with Gasteiger partial charge in [0.25, 0.3) is 0 Å². The van der Waals surface area contributed by atoms with Crippen LogP contribution >= 0.6 is 0 Å². The molecule has 1 N–H and O–H groups in total. The molecule has 8 atom stereocenters. The van der Waals surface area contributed by atoms with E-state index >= 15 is 0 Å². The number of carbonyl (C=O) groups excluding carboxylic acids is 1. The molecule has 1 amide bonds. The number of carbonyl (C=O) groups is 1. The average Bonchev–Trinajstić information content (AvgIpc) is 3.21. The molecule has 6 nitrogen and oxygen atoms in total. The van der Waals surface area contributed by atoms with E-state index in [1.165, 1.54) is 64.2 Å². The maximum atomic E-state index is 12.7. The molecule has 4 aliphatic carbocycles. The van der Waals surface area contributed by atoms with Gasteiger partial charge in [0.15, 0.2) is 0 Å². The zero-order chi connectivity index (χ0) is 28.5. The second kappa shape index (κ2) is 12.3. The molecule has 0 aliphatic heterocycles. The molecule has 0 heterocycles. The number of hydrogen-bond acceptors (Lipinski definition) is 4. The topological polar surface area (TPSA) is 86.3 Å². The van der Waals surface area contributed by atoms with E-state index in [0.29, 0.717) is 47.2 Å². The third-order valence-corrected chi connectivity index (χ3v) is 13.4. The fourth-order valence-corrected chi connectivity index (χ4v) is 10.9. The number of amides is 1. The zero-order valence-corrected chi connectivity index (χ0v) is 26.5. The predicted octanol–water partition coefficient (Wildman–Crippen LogP) is 5.97. The van der Waals surface area contributed by atoms with Crippen LogP contribution in [-0.4, -0.2) is 62.8 Å². The SMILES string of the molecule is C[C@H](CCC(=O)NCCC[N+](C)(C)CCCS(=O)(=O)[O-])C1CCC2C3CCC4CCCC[C@]4(C)C3CC[C@@]21C. The molecule has 5 unspecified atom stereocenters. The van der Waals surface area contributed by atoms with Crippen LogP contribution in [0.2, 0.25) is 0 Å². The van der Waals surface area contributed by atoms with E-state index in [2.05, 4.69) is 26.1 Å². The number of rotatable bonds is 12. The molecule has 0 radical (unpaired) electrons. The molecule has 0 aromatic carbocycles. The molecule has 4 rings (SSSR count). The first kappa shape index (κ1) is 31.3. The Kier molecular flexibility index (Phi) is 9.86. The Morgan fingerprint density at radius 3 is 2.41 bits per heavy atom. The number of hydrogen-bond donors (Lipinski definition) is 1. The van der Waals surface area contributed by atoms with Crippen LogP contribution < -0.4 is 5.32 Å². The lowest BCUT2D eigenvalue weighted by Gasteiger charge is -2.61. The molecular formula is C32H58N2O4S. The summed E-state index contributed by atoms with van der Waals surface area (Å²) >= 11 is 0. The molecule has 4 aliphatic rings. The fourth-order valence-electron chi connectivity index (χ4n) is 10.4. The van der Waals surface area contributed by atoms with Gasteiger partial charge in [-0.15, -0.1) is 0 Å². The van der Waals surface area contributed by atoms with Crippen molar-refractivity contribution in [1.29, 1.82) is 0 Å². The molecule has 0 aromatic heterocycles. The normalized spacial score (nSPS) is 37.4. The van der Waals surface area contributed by atoms with E-state index < -0.39 is 10.1 Å². The number of nitrogens with zero attached hydrogens (tertiary/aromatic N) is 1. The molecular weight excluding hydrogens is 508 g/mol. The third-order valence-electron chi connectivity index (χ3n) is 12.6. The van der Waals surface area contributed by atoms with Crippen molar-refractivity contribution >= 4 is 16.0 Å². The Bertz CT molecular complexity index is 952. The first-order valence-electron chi connectivity index (χ1n) is 16.3. The van der Waals surface area contributed by atoms with Gasteiger partial charge in [-0.25, -0.2) is 8.42 Å². The van der Waals surface area contributed by atoms with Gasteiger partial charge in [-0.3, -0.25) is 4.79 Å². The summed E-state index contributed by atoms with van der Waals surface area (Å²) in [4.78, 5) is 12.7. The van der Waals surface area contributed by atoms with Crippen molar-refractivity contribution in [2.45, 2.75) is 111 Å². The van der Waals surface area contributed by atoms with Gasteiger partial charge in [0.05, 0.1) is 37.3 Å². The molecule has 39 heavy (non-hydrogen) atoms. The van der Waals surface area contributed by atoms with Gasteiger partial charge in [0, 0.05) is 31.6 Å². The van der Waals surface area contributed by atoms with Gasteiger partial charge in [-0.1, -0.05) is 33.6 Å². The predicted molar refractivity (Wildman–Crippen MR) is 157 cm³/mol. The summed E-state index contributed by atoms with van der Waals surface area (Å²) in [6.45, 7) is 9.87. The maximum absolute atomic E-state index is 12.7. The van der Waals surface area contributed by atoms with Crippen molar-refractivity contribution in [2.24, 2.45) is 46.3 Å². The van der Waals surface area contributed by atoms with Crippen molar-refractivity contribution in [3.8, 4) is 0 Å². The number of nitrogens with one attached hydrogen (secondary N) is 1. The molecule has 0 bridgehead atoms. The minimum Gasteiger partial charge on any atom is -0.748 e. The second-order valence-electron chi connectivity index (χ2n) is 15.3. The zero-order valence-electron chi connectivity index (χ0n) is 25.7. The maximum Gasteiger partial charge on any atom is 0.220 e. The van der Waals surface area contributed by atoms with Gasteiger partial charge < -0.3 is 14.4 Å². The summed E-state index contributed by atoms with van der Waals surface area (Å²) in [6.07, 6.45) is 17.2. The minimum atomic E-state index is -4.14. The molecule has 0 spiro atoms. The molecule has 226 valence electrons. The largest absolute Gasteiger partial charge is 0.748 e. The van der Waals surface area contributed by atoms with E-state index in [1.807, 2.05) is 14.1 Å². The van der Waals surface area contributed by atoms with E-state index in [-0.39, 0.29) is 11.7 Å². The fraction of sp³-hybridized carbons (Fsp3) is 0.969. The minimum absolute atomic E-state index is 0.163. The van der Waals surface area contributed by atoms with Crippen molar-refractivity contribution < 1.29 is 22.2 Å². The Hall–Kier alpha value is -0.660. The highest BCUT2D eigenvalue weighted by molar-refractivity contribution is 7.85. The van der Waals surface area contributed by atoms with Gasteiger partial charge in [-0.05, 0) is 104 Å². The van der Waals surface area contributed by atoms with Crippen LogP contribution in [0, 0.1) is 46.3 Å². The Labute approximate surface area is 239 Å². The monoisotopic (exact) mass is 566 g/mol. The van der Waals surface area contributed by atoms with Crippen molar-refractivity contribution in [3.63, 3.8) is 0 Å². The van der Waals surface area contributed by atoms with E-state index in [1.54, 1.807) is 0 Å². The van der Waals surface area contributed by atoms with Crippen molar-refractivity contribution in [1.82, 2.24) is 5.32 Å². The van der Waals surface area contributed by atoms with E-state index in [4.69, 9.17) is 0 Å². The van der Waals surface area contributed by atoms with Crippen molar-refractivity contribution in [2.75, 3.05) is 39.5 Å². The van der Waals surface area contributed by atoms with Crippen LogP contribution in [0.3, 0.4) is 0 Å². The van der Waals surface area contributed by atoms with Gasteiger partial charge >= 0.3 is 0 Å². The molecule has 4 saturated carbocycles. The van der Waals surface area contributed by atoms with E-state index in [9.17, 15) is 17.8 Å². The Morgan fingerprint density at radius 2 is 1.67 bits per heavy atom. The summed E-state index contributed by atoms with van der Waals surface area (Å²) < 4.78 is 33.2. The van der Waals surface area contributed by atoms with Crippen LogP contribution in [0.25, 0.3) is 0 Å². The Morgan fingerprint density at radius 1 is 0.949 bits per heavy atom. The van der Waals surface area contributed by atoms with E-state index in [0.717, 1.165) is 49.0 Å².